The molecule has 2 aromatic rings. The summed E-state index contributed by atoms with van der Waals surface area (Å²) >= 11 is 0. The van der Waals surface area contributed by atoms with Crippen LogP contribution in [-0.4, -0.2) is 16.9 Å². The van der Waals surface area contributed by atoms with Gasteiger partial charge < -0.3 is 10.3 Å². The Morgan fingerprint density at radius 1 is 1.21 bits per heavy atom. The quantitative estimate of drug-likeness (QED) is 0.848. The number of aromatic amines is 1. The molecule has 0 unspecified atom stereocenters. The second-order valence-corrected chi connectivity index (χ2v) is 5.48. The molecule has 1 fully saturated rings. The summed E-state index contributed by atoms with van der Waals surface area (Å²) in [7, 11) is 0. The summed E-state index contributed by atoms with van der Waals surface area (Å²) in [5.41, 5.74) is 2.80. The molecule has 0 spiro atoms. The normalized spacial score (nSPS) is 16.7. The summed E-state index contributed by atoms with van der Waals surface area (Å²) in [6, 6.07) is 8.34. The molecule has 3 rings (SSSR count). The molecular weight excluding hydrogens is 236 g/mol. The minimum absolute atomic E-state index is 0.0712. The van der Waals surface area contributed by atoms with E-state index < -0.39 is 0 Å². The van der Waals surface area contributed by atoms with Gasteiger partial charge in [-0.3, -0.25) is 4.79 Å². The molecule has 1 aliphatic carbocycles. The fourth-order valence-electron chi connectivity index (χ4n) is 3.07. The lowest BCUT2D eigenvalue weighted by Gasteiger charge is -2.22. The van der Waals surface area contributed by atoms with Gasteiger partial charge in [-0.1, -0.05) is 37.5 Å². The molecule has 3 heteroatoms. The third-order valence-corrected chi connectivity index (χ3v) is 4.06. The zero-order valence-electron chi connectivity index (χ0n) is 11.3. The molecule has 0 bridgehead atoms. The molecule has 100 valence electrons. The van der Waals surface area contributed by atoms with Crippen LogP contribution in [0.5, 0.6) is 0 Å². The molecule has 1 aliphatic rings. The Morgan fingerprint density at radius 3 is 2.74 bits per heavy atom. The highest BCUT2D eigenvalue weighted by Crippen LogP contribution is 2.23. The smallest absolute Gasteiger partial charge is 0.253 e. The number of amides is 1. The van der Waals surface area contributed by atoms with Crippen molar-refractivity contribution in [2.45, 2.75) is 45.1 Å². The van der Waals surface area contributed by atoms with Gasteiger partial charge in [0.2, 0.25) is 0 Å². The van der Waals surface area contributed by atoms with Crippen molar-refractivity contribution in [1.29, 1.82) is 0 Å². The van der Waals surface area contributed by atoms with Crippen LogP contribution in [-0.2, 0) is 0 Å². The van der Waals surface area contributed by atoms with E-state index in [0.29, 0.717) is 6.04 Å². The average molecular weight is 256 g/mol. The van der Waals surface area contributed by atoms with Crippen LogP contribution < -0.4 is 5.32 Å². The van der Waals surface area contributed by atoms with Crippen molar-refractivity contribution in [3.8, 4) is 0 Å². The number of hydrogen-bond donors (Lipinski definition) is 2. The molecule has 1 saturated carbocycles. The summed E-state index contributed by atoms with van der Waals surface area (Å²) in [4.78, 5) is 15.8. The van der Waals surface area contributed by atoms with Gasteiger partial charge in [-0.2, -0.15) is 0 Å². The second-order valence-electron chi connectivity index (χ2n) is 5.48. The number of carbonyl (C=O) groups excluding carboxylic acids is 1. The van der Waals surface area contributed by atoms with E-state index in [4.69, 9.17) is 0 Å². The number of aryl methyl sites for hydroxylation is 1. The average Bonchev–Trinajstić information content (AvgIpc) is 2.75. The summed E-state index contributed by atoms with van der Waals surface area (Å²) in [5, 5.41) is 4.22. The van der Waals surface area contributed by atoms with Crippen LogP contribution in [0.15, 0.2) is 24.3 Å². The van der Waals surface area contributed by atoms with Crippen molar-refractivity contribution in [3.63, 3.8) is 0 Å². The third kappa shape index (κ3) is 2.37. The maximum Gasteiger partial charge on any atom is 0.253 e. The molecule has 0 aliphatic heterocycles. The number of rotatable bonds is 2. The van der Waals surface area contributed by atoms with Crippen LogP contribution in [0.1, 0.15) is 48.2 Å². The largest absolute Gasteiger partial charge is 0.358 e. The van der Waals surface area contributed by atoms with Gasteiger partial charge in [-0.25, -0.2) is 0 Å². The number of para-hydroxylation sites is 1. The van der Waals surface area contributed by atoms with E-state index in [1.54, 1.807) is 0 Å². The first-order valence-corrected chi connectivity index (χ1v) is 7.14. The first-order valence-electron chi connectivity index (χ1n) is 7.14. The van der Waals surface area contributed by atoms with Crippen molar-refractivity contribution in [1.82, 2.24) is 10.3 Å². The lowest BCUT2D eigenvalue weighted by atomic mass is 9.95. The Bertz CT molecular complexity index is 594. The molecule has 3 nitrogen and oxygen atoms in total. The van der Waals surface area contributed by atoms with E-state index in [9.17, 15) is 4.79 Å². The van der Waals surface area contributed by atoms with Crippen LogP contribution in [0.4, 0.5) is 0 Å². The standard InChI is InChI=1S/C16H20N2O/c1-11-15(13-9-5-6-10-14(13)17-11)16(19)18-12-7-3-2-4-8-12/h5-6,9-10,12,17H,2-4,7-8H2,1H3,(H,18,19). The Morgan fingerprint density at radius 2 is 1.95 bits per heavy atom. The SMILES string of the molecule is Cc1[nH]c2ccccc2c1C(=O)NC1CCCCC1. The summed E-state index contributed by atoms with van der Waals surface area (Å²) in [6.45, 7) is 1.97. The van der Waals surface area contributed by atoms with Gasteiger partial charge in [-0.05, 0) is 25.8 Å². The molecular formula is C16H20N2O. The van der Waals surface area contributed by atoms with E-state index in [-0.39, 0.29) is 5.91 Å². The minimum Gasteiger partial charge on any atom is -0.358 e. The van der Waals surface area contributed by atoms with Gasteiger partial charge >= 0.3 is 0 Å². The molecule has 19 heavy (non-hydrogen) atoms. The van der Waals surface area contributed by atoms with E-state index in [1.165, 1.54) is 19.3 Å². The van der Waals surface area contributed by atoms with Crippen LogP contribution in [0, 0.1) is 6.92 Å². The first kappa shape index (κ1) is 12.3. The molecule has 1 aromatic heterocycles. The van der Waals surface area contributed by atoms with E-state index in [2.05, 4.69) is 10.3 Å². The number of H-pyrrole nitrogens is 1. The highest BCUT2D eigenvalue weighted by Gasteiger charge is 2.20. The maximum absolute atomic E-state index is 12.5. The molecule has 1 amide bonds. The highest BCUT2D eigenvalue weighted by atomic mass is 16.1. The molecule has 1 aromatic carbocycles. The van der Waals surface area contributed by atoms with E-state index in [0.717, 1.165) is 35.0 Å². The van der Waals surface area contributed by atoms with Crippen molar-refractivity contribution in [2.24, 2.45) is 0 Å². The maximum atomic E-state index is 12.5. The first-order chi connectivity index (χ1) is 9.25. The zero-order valence-corrected chi connectivity index (χ0v) is 11.3. The third-order valence-electron chi connectivity index (χ3n) is 4.06. The van der Waals surface area contributed by atoms with Gasteiger partial charge in [-0.15, -0.1) is 0 Å². The summed E-state index contributed by atoms with van der Waals surface area (Å²) in [6.07, 6.45) is 6.01. The molecule has 0 radical (unpaired) electrons. The predicted octanol–water partition coefficient (Wildman–Crippen LogP) is 3.54. The Kier molecular flexibility index (Phi) is 3.28. The van der Waals surface area contributed by atoms with Crippen molar-refractivity contribution < 1.29 is 4.79 Å². The Labute approximate surface area is 113 Å². The number of carbonyl (C=O) groups is 1. The second kappa shape index (κ2) is 5.08. The number of fused-ring (bicyclic) bond motifs is 1. The summed E-state index contributed by atoms with van der Waals surface area (Å²) in [5.74, 6) is 0.0712. The van der Waals surface area contributed by atoms with Gasteiger partial charge in [0.05, 0.1) is 5.56 Å². The van der Waals surface area contributed by atoms with Crippen LogP contribution in [0.2, 0.25) is 0 Å². The van der Waals surface area contributed by atoms with Gasteiger partial charge in [0.1, 0.15) is 0 Å². The number of hydrogen-bond acceptors (Lipinski definition) is 1. The van der Waals surface area contributed by atoms with Crippen molar-refractivity contribution >= 4 is 16.8 Å². The minimum atomic E-state index is 0.0712. The van der Waals surface area contributed by atoms with E-state index in [1.807, 2.05) is 31.2 Å². The molecule has 2 N–H and O–H groups in total. The predicted molar refractivity (Wildman–Crippen MR) is 77.4 cm³/mol. The fraction of sp³-hybridized carbons (Fsp3) is 0.438. The Hall–Kier alpha value is -1.77. The van der Waals surface area contributed by atoms with Gasteiger partial charge in [0.25, 0.3) is 5.91 Å². The van der Waals surface area contributed by atoms with Crippen molar-refractivity contribution in [2.75, 3.05) is 0 Å². The molecule has 0 atom stereocenters. The topological polar surface area (TPSA) is 44.9 Å². The molecule has 1 heterocycles. The van der Waals surface area contributed by atoms with Crippen LogP contribution >= 0.6 is 0 Å². The van der Waals surface area contributed by atoms with Gasteiger partial charge in [0, 0.05) is 22.6 Å². The van der Waals surface area contributed by atoms with Crippen molar-refractivity contribution in [3.05, 3.63) is 35.5 Å². The number of benzene rings is 1. The molecule has 0 saturated heterocycles. The highest BCUT2D eigenvalue weighted by molar-refractivity contribution is 6.08. The number of aromatic nitrogens is 1. The lowest BCUT2D eigenvalue weighted by Crippen LogP contribution is -2.36. The Balaban J connectivity index is 1.86. The lowest BCUT2D eigenvalue weighted by molar-refractivity contribution is 0.0929. The summed E-state index contributed by atoms with van der Waals surface area (Å²) < 4.78 is 0. The van der Waals surface area contributed by atoms with E-state index >= 15 is 0 Å². The zero-order chi connectivity index (χ0) is 13.2. The van der Waals surface area contributed by atoms with Gasteiger partial charge in [0.15, 0.2) is 0 Å². The fourth-order valence-corrected chi connectivity index (χ4v) is 3.07. The number of nitrogens with one attached hydrogen (secondary N) is 2. The van der Waals surface area contributed by atoms with Crippen LogP contribution in [0.25, 0.3) is 10.9 Å². The van der Waals surface area contributed by atoms with Crippen LogP contribution in [0.3, 0.4) is 0 Å². The monoisotopic (exact) mass is 256 g/mol.